The smallest absolute Gasteiger partial charge is 0.108 e. The average Bonchev–Trinajstić information content (AvgIpc) is 2.89. The zero-order valence-corrected chi connectivity index (χ0v) is 11.6. The van der Waals surface area contributed by atoms with Crippen LogP contribution in [0, 0.1) is 5.92 Å². The number of hydrogen-bond acceptors (Lipinski definition) is 3. The summed E-state index contributed by atoms with van der Waals surface area (Å²) in [6.45, 7) is 7.20. The Bertz CT molecular complexity index is 342. The summed E-state index contributed by atoms with van der Waals surface area (Å²) in [7, 11) is 0. The summed E-state index contributed by atoms with van der Waals surface area (Å²) in [6, 6.07) is 2.51. The first kappa shape index (κ1) is 13.6. The summed E-state index contributed by atoms with van der Waals surface area (Å²) in [6.07, 6.45) is 6.35. The van der Waals surface area contributed by atoms with Crippen LogP contribution in [0.2, 0.25) is 0 Å². The molecule has 2 rings (SSSR count). The van der Waals surface area contributed by atoms with E-state index in [-0.39, 0.29) is 0 Å². The van der Waals surface area contributed by atoms with Crippen LogP contribution in [-0.2, 0) is 11.2 Å². The largest absolute Gasteiger partial charge is 0.469 e. The highest BCUT2D eigenvalue weighted by molar-refractivity contribution is 5.22. The van der Waals surface area contributed by atoms with Gasteiger partial charge in [-0.1, -0.05) is 13.8 Å². The van der Waals surface area contributed by atoms with Crippen LogP contribution in [0.3, 0.4) is 0 Å². The monoisotopic (exact) mass is 251 g/mol. The molecule has 0 aliphatic carbocycles. The molecule has 3 nitrogen and oxygen atoms in total. The lowest BCUT2D eigenvalue weighted by atomic mass is 9.88. The Kier molecular flexibility index (Phi) is 5.26. The fourth-order valence-corrected chi connectivity index (χ4v) is 2.77. The molecule has 1 saturated heterocycles. The number of rotatable bonds is 6. The van der Waals surface area contributed by atoms with E-state index in [2.05, 4.69) is 25.2 Å². The highest BCUT2D eigenvalue weighted by Gasteiger charge is 2.27. The third-order valence-corrected chi connectivity index (χ3v) is 3.72. The second-order valence-corrected chi connectivity index (χ2v) is 5.06. The molecule has 1 aliphatic rings. The van der Waals surface area contributed by atoms with Crippen LogP contribution in [0.1, 0.15) is 50.5 Å². The number of ether oxygens (including phenoxy) is 1. The summed E-state index contributed by atoms with van der Waals surface area (Å²) < 4.78 is 11.2. The molecule has 3 heteroatoms. The SMILES string of the molecule is CCCNC(c1ccoc1CC)C1CCCOC1. The number of furan rings is 1. The lowest BCUT2D eigenvalue weighted by Crippen LogP contribution is -2.34. The molecular weight excluding hydrogens is 226 g/mol. The van der Waals surface area contributed by atoms with Gasteiger partial charge in [0.15, 0.2) is 0 Å². The lowest BCUT2D eigenvalue weighted by Gasteiger charge is -2.31. The van der Waals surface area contributed by atoms with Crippen molar-refractivity contribution in [3.05, 3.63) is 23.7 Å². The normalized spacial score (nSPS) is 22.0. The Balaban J connectivity index is 2.12. The van der Waals surface area contributed by atoms with Crippen LogP contribution in [0.15, 0.2) is 16.7 Å². The van der Waals surface area contributed by atoms with Gasteiger partial charge >= 0.3 is 0 Å². The molecule has 2 heterocycles. The fraction of sp³-hybridized carbons (Fsp3) is 0.733. The van der Waals surface area contributed by atoms with Crippen LogP contribution in [0.25, 0.3) is 0 Å². The van der Waals surface area contributed by atoms with Gasteiger partial charge in [0.05, 0.1) is 12.9 Å². The van der Waals surface area contributed by atoms with Crippen molar-refractivity contribution in [1.29, 1.82) is 0 Å². The molecule has 102 valence electrons. The van der Waals surface area contributed by atoms with E-state index in [0.29, 0.717) is 12.0 Å². The molecule has 1 aromatic heterocycles. The molecule has 1 fully saturated rings. The Morgan fingerprint density at radius 3 is 3.00 bits per heavy atom. The van der Waals surface area contributed by atoms with Crippen LogP contribution in [0.4, 0.5) is 0 Å². The van der Waals surface area contributed by atoms with E-state index in [1.54, 1.807) is 0 Å². The molecular formula is C15H25NO2. The van der Waals surface area contributed by atoms with E-state index >= 15 is 0 Å². The maximum atomic E-state index is 5.64. The van der Waals surface area contributed by atoms with Gasteiger partial charge in [-0.25, -0.2) is 0 Å². The molecule has 0 saturated carbocycles. The minimum Gasteiger partial charge on any atom is -0.469 e. The van der Waals surface area contributed by atoms with Gasteiger partial charge in [-0.2, -0.15) is 0 Å². The molecule has 0 bridgehead atoms. The molecule has 2 atom stereocenters. The quantitative estimate of drug-likeness (QED) is 0.842. The van der Waals surface area contributed by atoms with Crippen LogP contribution in [0.5, 0.6) is 0 Å². The molecule has 18 heavy (non-hydrogen) atoms. The Morgan fingerprint density at radius 2 is 2.33 bits per heavy atom. The molecule has 1 N–H and O–H groups in total. The summed E-state index contributed by atoms with van der Waals surface area (Å²) in [5, 5.41) is 3.68. The Morgan fingerprint density at radius 1 is 1.44 bits per heavy atom. The van der Waals surface area contributed by atoms with Crippen molar-refractivity contribution in [1.82, 2.24) is 5.32 Å². The summed E-state index contributed by atoms with van der Waals surface area (Å²) in [5.41, 5.74) is 1.33. The van der Waals surface area contributed by atoms with Gasteiger partial charge in [0, 0.05) is 30.6 Å². The first-order valence-corrected chi connectivity index (χ1v) is 7.24. The first-order chi connectivity index (χ1) is 8.86. The zero-order valence-electron chi connectivity index (χ0n) is 11.6. The van der Waals surface area contributed by atoms with E-state index in [1.165, 1.54) is 18.4 Å². The molecule has 1 aromatic rings. The van der Waals surface area contributed by atoms with Crippen LogP contribution in [-0.4, -0.2) is 19.8 Å². The van der Waals surface area contributed by atoms with Crippen LogP contribution < -0.4 is 5.32 Å². The van der Waals surface area contributed by atoms with Gasteiger partial charge in [0.1, 0.15) is 5.76 Å². The predicted octanol–water partition coefficient (Wildman–Crippen LogP) is 3.31. The van der Waals surface area contributed by atoms with Crippen molar-refractivity contribution in [3.8, 4) is 0 Å². The second-order valence-electron chi connectivity index (χ2n) is 5.06. The van der Waals surface area contributed by atoms with Gasteiger partial charge in [0.2, 0.25) is 0 Å². The minimum atomic E-state index is 0.388. The van der Waals surface area contributed by atoms with Crippen molar-refractivity contribution in [3.63, 3.8) is 0 Å². The standard InChI is InChI=1S/C15H25NO2/c1-3-8-16-15(12-6-5-9-17-11-12)13-7-10-18-14(13)4-2/h7,10,12,15-16H,3-6,8-9,11H2,1-2H3. The third-order valence-electron chi connectivity index (χ3n) is 3.72. The number of aryl methyl sites for hydroxylation is 1. The van der Waals surface area contributed by atoms with Crippen molar-refractivity contribution in [2.45, 2.75) is 45.6 Å². The van der Waals surface area contributed by atoms with Gasteiger partial charge in [-0.3, -0.25) is 0 Å². The maximum Gasteiger partial charge on any atom is 0.108 e. The van der Waals surface area contributed by atoms with Gasteiger partial charge < -0.3 is 14.5 Å². The second kappa shape index (κ2) is 6.95. The average molecular weight is 251 g/mol. The maximum absolute atomic E-state index is 5.64. The fourth-order valence-electron chi connectivity index (χ4n) is 2.77. The summed E-state index contributed by atoms with van der Waals surface area (Å²) >= 11 is 0. The first-order valence-electron chi connectivity index (χ1n) is 7.24. The van der Waals surface area contributed by atoms with Crippen LogP contribution >= 0.6 is 0 Å². The van der Waals surface area contributed by atoms with E-state index in [4.69, 9.17) is 9.15 Å². The van der Waals surface area contributed by atoms with Gasteiger partial charge in [-0.15, -0.1) is 0 Å². The van der Waals surface area contributed by atoms with E-state index < -0.39 is 0 Å². The van der Waals surface area contributed by atoms with Crippen molar-refractivity contribution in [2.75, 3.05) is 19.8 Å². The molecule has 2 unspecified atom stereocenters. The molecule has 0 spiro atoms. The van der Waals surface area contributed by atoms with Gasteiger partial charge in [-0.05, 0) is 31.9 Å². The third kappa shape index (κ3) is 3.15. The highest BCUT2D eigenvalue weighted by Crippen LogP contribution is 2.31. The topological polar surface area (TPSA) is 34.4 Å². The minimum absolute atomic E-state index is 0.388. The number of hydrogen-bond donors (Lipinski definition) is 1. The van der Waals surface area contributed by atoms with Gasteiger partial charge in [0.25, 0.3) is 0 Å². The highest BCUT2D eigenvalue weighted by atomic mass is 16.5. The molecule has 1 aliphatic heterocycles. The number of nitrogens with one attached hydrogen (secondary N) is 1. The zero-order chi connectivity index (χ0) is 12.8. The lowest BCUT2D eigenvalue weighted by molar-refractivity contribution is 0.0388. The Hall–Kier alpha value is -0.800. The van der Waals surface area contributed by atoms with Crippen molar-refractivity contribution >= 4 is 0 Å². The van der Waals surface area contributed by atoms with Crippen molar-refractivity contribution in [2.24, 2.45) is 5.92 Å². The Labute approximate surface area is 110 Å². The predicted molar refractivity (Wildman–Crippen MR) is 72.7 cm³/mol. The summed E-state index contributed by atoms with van der Waals surface area (Å²) in [4.78, 5) is 0. The van der Waals surface area contributed by atoms with E-state index in [1.807, 2.05) is 6.26 Å². The molecule has 0 aromatic carbocycles. The molecule has 0 radical (unpaired) electrons. The summed E-state index contributed by atoms with van der Waals surface area (Å²) in [5.74, 6) is 1.70. The molecule has 0 amide bonds. The van der Waals surface area contributed by atoms with E-state index in [0.717, 1.165) is 38.4 Å². The van der Waals surface area contributed by atoms with Crippen molar-refractivity contribution < 1.29 is 9.15 Å². The van der Waals surface area contributed by atoms with E-state index in [9.17, 15) is 0 Å².